The van der Waals surface area contributed by atoms with Crippen molar-refractivity contribution in [2.45, 2.75) is 44.4 Å². The van der Waals surface area contributed by atoms with Crippen LogP contribution in [0.25, 0.3) is 0 Å². The Morgan fingerprint density at radius 3 is 2.44 bits per heavy atom. The van der Waals surface area contributed by atoms with Gasteiger partial charge in [-0.2, -0.15) is 13.2 Å². The highest BCUT2D eigenvalue weighted by Crippen LogP contribution is 2.40. The Balaban J connectivity index is 2.06. The molecule has 3 amide bonds. The third-order valence-corrected chi connectivity index (χ3v) is 4.71. The standard InChI is InChI=1S/C16H19F3N4O2/c1-10(2)23-14(25)22(13(24)15(23)4-7-20-8-5-15)12-9-11(3-6-21-12)16(17,18)19/h3,6,9-10,20H,4-5,7-8H2,1-2H3. The van der Waals surface area contributed by atoms with Gasteiger partial charge in [0.1, 0.15) is 11.4 Å². The number of rotatable bonds is 2. The maximum atomic E-state index is 13.1. The number of halogens is 3. The summed E-state index contributed by atoms with van der Waals surface area (Å²) < 4.78 is 38.9. The summed E-state index contributed by atoms with van der Waals surface area (Å²) in [5.41, 5.74) is -1.97. The van der Waals surface area contributed by atoms with Crippen molar-refractivity contribution in [2.75, 3.05) is 18.0 Å². The minimum absolute atomic E-state index is 0.259. The second-order valence-electron chi connectivity index (χ2n) is 6.57. The van der Waals surface area contributed by atoms with E-state index in [2.05, 4.69) is 10.3 Å². The molecule has 1 aromatic heterocycles. The van der Waals surface area contributed by atoms with E-state index >= 15 is 0 Å². The number of hydrogen-bond acceptors (Lipinski definition) is 4. The van der Waals surface area contributed by atoms with Gasteiger partial charge in [0.2, 0.25) is 0 Å². The van der Waals surface area contributed by atoms with Crippen LogP contribution in [0.2, 0.25) is 0 Å². The number of aromatic nitrogens is 1. The first-order valence-electron chi connectivity index (χ1n) is 8.10. The first-order valence-corrected chi connectivity index (χ1v) is 8.10. The van der Waals surface area contributed by atoms with Crippen molar-refractivity contribution in [3.63, 3.8) is 0 Å². The molecule has 2 aliphatic heterocycles. The Hall–Kier alpha value is -2.16. The average Bonchev–Trinajstić information content (AvgIpc) is 2.75. The second-order valence-corrected chi connectivity index (χ2v) is 6.57. The number of amides is 3. The molecule has 2 saturated heterocycles. The van der Waals surface area contributed by atoms with Gasteiger partial charge >= 0.3 is 12.2 Å². The Morgan fingerprint density at radius 2 is 1.88 bits per heavy atom. The van der Waals surface area contributed by atoms with Crippen molar-refractivity contribution in [3.8, 4) is 0 Å². The first kappa shape index (κ1) is 17.7. The summed E-state index contributed by atoms with van der Waals surface area (Å²) in [7, 11) is 0. The number of hydrogen-bond donors (Lipinski definition) is 1. The molecule has 1 aromatic rings. The summed E-state index contributed by atoms with van der Waals surface area (Å²) in [5, 5.41) is 3.14. The number of alkyl halides is 3. The van der Waals surface area contributed by atoms with Crippen LogP contribution in [0.3, 0.4) is 0 Å². The lowest BCUT2D eigenvalue weighted by Crippen LogP contribution is -2.57. The predicted octanol–water partition coefficient (Wildman–Crippen LogP) is 2.40. The van der Waals surface area contributed by atoms with E-state index in [-0.39, 0.29) is 11.9 Å². The number of urea groups is 1. The number of pyridine rings is 1. The molecule has 136 valence electrons. The van der Waals surface area contributed by atoms with Crippen molar-refractivity contribution in [1.82, 2.24) is 15.2 Å². The molecule has 25 heavy (non-hydrogen) atoms. The summed E-state index contributed by atoms with van der Waals surface area (Å²) in [6.07, 6.45) is -2.77. The van der Waals surface area contributed by atoms with E-state index in [1.165, 1.54) is 4.90 Å². The average molecular weight is 356 g/mol. The van der Waals surface area contributed by atoms with Gasteiger partial charge in [0.15, 0.2) is 0 Å². The Morgan fingerprint density at radius 1 is 1.24 bits per heavy atom. The molecule has 0 radical (unpaired) electrons. The summed E-state index contributed by atoms with van der Waals surface area (Å²) in [6.45, 7) is 4.70. The highest BCUT2D eigenvalue weighted by molar-refractivity contribution is 6.23. The lowest BCUT2D eigenvalue weighted by Gasteiger charge is -2.40. The van der Waals surface area contributed by atoms with Crippen LogP contribution in [0.1, 0.15) is 32.3 Å². The Kier molecular flexibility index (Phi) is 4.22. The Bertz CT molecular complexity index is 699. The first-order chi connectivity index (χ1) is 11.7. The molecule has 0 saturated carbocycles. The fraction of sp³-hybridized carbons (Fsp3) is 0.562. The molecule has 2 aliphatic rings. The number of nitrogens with zero attached hydrogens (tertiary/aromatic N) is 3. The predicted molar refractivity (Wildman–Crippen MR) is 83.9 cm³/mol. The highest BCUT2D eigenvalue weighted by Gasteiger charge is 2.59. The molecule has 0 bridgehead atoms. The van der Waals surface area contributed by atoms with Gasteiger partial charge in [-0.3, -0.25) is 4.79 Å². The van der Waals surface area contributed by atoms with Gasteiger partial charge in [-0.1, -0.05) is 0 Å². The number of imide groups is 1. The van der Waals surface area contributed by atoms with Crippen molar-refractivity contribution in [3.05, 3.63) is 23.9 Å². The minimum Gasteiger partial charge on any atom is -0.317 e. The van der Waals surface area contributed by atoms with Gasteiger partial charge in [0.25, 0.3) is 5.91 Å². The van der Waals surface area contributed by atoms with Gasteiger partial charge in [0, 0.05) is 12.2 Å². The number of carbonyl (C=O) groups is 2. The second kappa shape index (κ2) is 5.98. The monoisotopic (exact) mass is 356 g/mol. The van der Waals surface area contributed by atoms with Crippen LogP contribution in [0, 0.1) is 0 Å². The third-order valence-electron chi connectivity index (χ3n) is 4.71. The molecule has 0 aromatic carbocycles. The van der Waals surface area contributed by atoms with Crippen LogP contribution in [0.4, 0.5) is 23.8 Å². The normalized spacial score (nSPS) is 20.9. The molecule has 0 unspecified atom stereocenters. The van der Waals surface area contributed by atoms with Crippen LogP contribution in [0.15, 0.2) is 18.3 Å². The van der Waals surface area contributed by atoms with Gasteiger partial charge in [-0.05, 0) is 51.9 Å². The maximum absolute atomic E-state index is 13.1. The topological polar surface area (TPSA) is 65.5 Å². The van der Waals surface area contributed by atoms with Crippen molar-refractivity contribution >= 4 is 17.8 Å². The number of piperidine rings is 1. The molecule has 3 heterocycles. The minimum atomic E-state index is -4.58. The zero-order chi connectivity index (χ0) is 18.4. The quantitative estimate of drug-likeness (QED) is 0.827. The molecular weight excluding hydrogens is 337 g/mol. The van der Waals surface area contributed by atoms with E-state index in [1.807, 2.05) is 0 Å². The number of anilines is 1. The van der Waals surface area contributed by atoms with E-state index in [9.17, 15) is 22.8 Å². The smallest absolute Gasteiger partial charge is 0.317 e. The molecule has 9 heteroatoms. The van der Waals surface area contributed by atoms with Crippen LogP contribution in [-0.2, 0) is 11.0 Å². The van der Waals surface area contributed by atoms with E-state index in [0.717, 1.165) is 23.2 Å². The van der Waals surface area contributed by atoms with E-state index < -0.39 is 29.2 Å². The summed E-state index contributed by atoms with van der Waals surface area (Å²) in [4.78, 5) is 32.1. The lowest BCUT2D eigenvalue weighted by atomic mass is 9.86. The fourth-order valence-electron chi connectivity index (χ4n) is 3.62. The van der Waals surface area contributed by atoms with Crippen LogP contribution < -0.4 is 10.2 Å². The largest absolute Gasteiger partial charge is 0.416 e. The molecule has 1 spiro atoms. The van der Waals surface area contributed by atoms with Crippen LogP contribution >= 0.6 is 0 Å². The molecule has 0 atom stereocenters. The third kappa shape index (κ3) is 2.76. The van der Waals surface area contributed by atoms with Crippen molar-refractivity contribution < 1.29 is 22.8 Å². The highest BCUT2D eigenvalue weighted by atomic mass is 19.4. The molecule has 0 aliphatic carbocycles. The van der Waals surface area contributed by atoms with Crippen molar-refractivity contribution in [2.24, 2.45) is 0 Å². The van der Waals surface area contributed by atoms with Crippen LogP contribution in [-0.4, -0.2) is 46.5 Å². The SMILES string of the molecule is CC(C)N1C(=O)N(c2cc(C(F)(F)F)ccn2)C(=O)C12CCNCC2. The van der Waals surface area contributed by atoms with Gasteiger partial charge in [-0.15, -0.1) is 0 Å². The molecule has 6 nitrogen and oxygen atoms in total. The summed E-state index contributed by atoms with van der Waals surface area (Å²) in [6, 6.07) is 0.683. The van der Waals surface area contributed by atoms with Crippen molar-refractivity contribution in [1.29, 1.82) is 0 Å². The maximum Gasteiger partial charge on any atom is 0.416 e. The molecule has 1 N–H and O–H groups in total. The summed E-state index contributed by atoms with van der Waals surface area (Å²) >= 11 is 0. The van der Waals surface area contributed by atoms with Gasteiger partial charge in [-0.25, -0.2) is 14.7 Å². The zero-order valence-corrected chi connectivity index (χ0v) is 13.9. The molecular formula is C16H19F3N4O2. The molecule has 2 fully saturated rings. The summed E-state index contributed by atoms with van der Waals surface area (Å²) in [5.74, 6) is -0.787. The molecule has 3 rings (SSSR count). The number of carbonyl (C=O) groups excluding carboxylic acids is 2. The Labute approximate surface area is 143 Å². The van der Waals surface area contributed by atoms with Gasteiger partial charge < -0.3 is 10.2 Å². The number of nitrogens with one attached hydrogen (secondary N) is 1. The van der Waals surface area contributed by atoms with E-state index in [0.29, 0.717) is 25.9 Å². The van der Waals surface area contributed by atoms with E-state index in [1.54, 1.807) is 13.8 Å². The lowest BCUT2D eigenvalue weighted by molar-refractivity contribution is -0.137. The zero-order valence-electron chi connectivity index (χ0n) is 13.9. The van der Waals surface area contributed by atoms with Gasteiger partial charge in [0.05, 0.1) is 5.56 Å². The van der Waals surface area contributed by atoms with Crippen LogP contribution in [0.5, 0.6) is 0 Å². The fourth-order valence-corrected chi connectivity index (χ4v) is 3.62. The van der Waals surface area contributed by atoms with E-state index in [4.69, 9.17) is 0 Å².